The van der Waals surface area contributed by atoms with Crippen LogP contribution in [0.1, 0.15) is 24.9 Å². The smallest absolute Gasteiger partial charge is 0.334 e. The summed E-state index contributed by atoms with van der Waals surface area (Å²) in [5.74, 6) is -0.101. The van der Waals surface area contributed by atoms with Crippen molar-refractivity contribution in [1.82, 2.24) is 4.90 Å². The predicted octanol–water partition coefficient (Wildman–Crippen LogP) is 2.55. The van der Waals surface area contributed by atoms with Gasteiger partial charge in [-0.25, -0.2) is 4.79 Å². The minimum absolute atomic E-state index is 0.126. The number of likely N-dealkylation sites (N-methyl/N-ethyl adjacent to an activating group) is 1. The first-order chi connectivity index (χ1) is 9.01. The molecule has 2 fully saturated rings. The number of likely N-dealkylation sites (tertiary alicyclic amines) is 1. The van der Waals surface area contributed by atoms with E-state index in [1.807, 2.05) is 13.0 Å². The molecule has 3 nitrogen and oxygen atoms in total. The van der Waals surface area contributed by atoms with Gasteiger partial charge in [-0.1, -0.05) is 36.9 Å². The Hall–Kier alpha value is -1.61. The molecule has 100 valence electrons. The second-order valence-electron chi connectivity index (χ2n) is 5.86. The van der Waals surface area contributed by atoms with Crippen molar-refractivity contribution in [3.8, 4) is 0 Å². The third-order valence-corrected chi connectivity index (χ3v) is 4.48. The molecule has 0 aromatic heterocycles. The maximum Gasteiger partial charge on any atom is 0.334 e. The summed E-state index contributed by atoms with van der Waals surface area (Å²) in [5, 5.41) is 0. The summed E-state index contributed by atoms with van der Waals surface area (Å²) < 4.78 is 5.54. The summed E-state index contributed by atoms with van der Waals surface area (Å²) in [6.45, 7) is 6.70. The minimum Gasteiger partial charge on any atom is -0.454 e. The van der Waals surface area contributed by atoms with E-state index < -0.39 is 5.60 Å². The molecule has 3 atom stereocenters. The normalized spacial score (nSPS) is 35.1. The summed E-state index contributed by atoms with van der Waals surface area (Å²) in [5.41, 5.74) is 1.52. The largest absolute Gasteiger partial charge is 0.454 e. The lowest BCUT2D eigenvalue weighted by molar-refractivity contribution is -0.151. The molecule has 1 aromatic carbocycles. The SMILES string of the molecule is C=C1C(=O)O[C@]2(C)CN(C)[C@H](c3ccccc3)C[C@@H]12. The summed E-state index contributed by atoms with van der Waals surface area (Å²) in [4.78, 5) is 14.0. The number of rotatable bonds is 1. The number of carbonyl (C=O) groups is 1. The second-order valence-corrected chi connectivity index (χ2v) is 5.86. The maximum absolute atomic E-state index is 11.8. The van der Waals surface area contributed by atoms with Crippen LogP contribution in [0.2, 0.25) is 0 Å². The van der Waals surface area contributed by atoms with Crippen LogP contribution in [0.4, 0.5) is 0 Å². The average Bonchev–Trinajstić information content (AvgIpc) is 2.59. The van der Waals surface area contributed by atoms with Gasteiger partial charge in [0.1, 0.15) is 5.60 Å². The van der Waals surface area contributed by atoms with Crippen LogP contribution in [-0.2, 0) is 9.53 Å². The Balaban J connectivity index is 1.92. The quantitative estimate of drug-likeness (QED) is 0.572. The summed E-state index contributed by atoms with van der Waals surface area (Å²) in [6.07, 6.45) is 0.890. The number of ether oxygens (including phenoxy) is 1. The Morgan fingerprint density at radius 3 is 2.74 bits per heavy atom. The lowest BCUT2D eigenvalue weighted by Gasteiger charge is -2.44. The van der Waals surface area contributed by atoms with Crippen LogP contribution >= 0.6 is 0 Å². The van der Waals surface area contributed by atoms with Crippen LogP contribution < -0.4 is 0 Å². The topological polar surface area (TPSA) is 29.5 Å². The van der Waals surface area contributed by atoms with E-state index in [4.69, 9.17) is 4.74 Å². The van der Waals surface area contributed by atoms with Crippen molar-refractivity contribution in [2.45, 2.75) is 25.0 Å². The molecular formula is C16H19NO2. The van der Waals surface area contributed by atoms with E-state index >= 15 is 0 Å². The zero-order valence-electron chi connectivity index (χ0n) is 11.4. The summed E-state index contributed by atoms with van der Waals surface area (Å²) in [6, 6.07) is 10.8. The van der Waals surface area contributed by atoms with Crippen LogP contribution in [0.25, 0.3) is 0 Å². The van der Waals surface area contributed by atoms with Gasteiger partial charge in [-0.3, -0.25) is 4.90 Å². The minimum atomic E-state index is -0.409. The van der Waals surface area contributed by atoms with Gasteiger partial charge in [0.2, 0.25) is 0 Å². The number of carbonyl (C=O) groups excluding carboxylic acids is 1. The summed E-state index contributed by atoms with van der Waals surface area (Å²) in [7, 11) is 2.09. The Bertz CT molecular complexity index is 525. The predicted molar refractivity (Wildman–Crippen MR) is 73.6 cm³/mol. The number of fused-ring (bicyclic) bond motifs is 1. The van der Waals surface area contributed by atoms with Gasteiger partial charge in [-0.2, -0.15) is 0 Å². The van der Waals surface area contributed by atoms with E-state index in [0.717, 1.165) is 13.0 Å². The average molecular weight is 257 g/mol. The van der Waals surface area contributed by atoms with Gasteiger partial charge in [0, 0.05) is 24.1 Å². The summed E-state index contributed by atoms with van der Waals surface area (Å²) >= 11 is 0. The van der Waals surface area contributed by atoms with Crippen molar-refractivity contribution < 1.29 is 9.53 Å². The van der Waals surface area contributed by atoms with Crippen LogP contribution in [0.5, 0.6) is 0 Å². The Labute approximate surface area is 113 Å². The van der Waals surface area contributed by atoms with Gasteiger partial charge in [0.15, 0.2) is 0 Å². The molecule has 2 heterocycles. The Kier molecular flexibility index (Phi) is 2.75. The molecule has 0 radical (unpaired) electrons. The molecule has 0 amide bonds. The molecule has 2 aliphatic heterocycles. The van der Waals surface area contributed by atoms with Gasteiger partial charge < -0.3 is 4.74 Å². The van der Waals surface area contributed by atoms with Gasteiger partial charge in [-0.15, -0.1) is 0 Å². The van der Waals surface area contributed by atoms with E-state index in [9.17, 15) is 4.79 Å². The second kappa shape index (κ2) is 4.20. The number of hydrogen-bond acceptors (Lipinski definition) is 3. The molecule has 0 aliphatic carbocycles. The van der Waals surface area contributed by atoms with Crippen molar-refractivity contribution in [1.29, 1.82) is 0 Å². The van der Waals surface area contributed by atoms with E-state index in [2.05, 4.69) is 42.8 Å². The number of benzene rings is 1. The van der Waals surface area contributed by atoms with Crippen molar-refractivity contribution in [2.75, 3.05) is 13.6 Å². The van der Waals surface area contributed by atoms with Gasteiger partial charge in [0.05, 0.1) is 0 Å². The van der Waals surface area contributed by atoms with E-state index in [1.165, 1.54) is 5.56 Å². The molecule has 0 unspecified atom stereocenters. The van der Waals surface area contributed by atoms with E-state index in [0.29, 0.717) is 11.6 Å². The third-order valence-electron chi connectivity index (χ3n) is 4.48. The molecule has 0 saturated carbocycles. The Morgan fingerprint density at radius 2 is 2.05 bits per heavy atom. The first-order valence-electron chi connectivity index (χ1n) is 6.68. The fraction of sp³-hybridized carbons (Fsp3) is 0.438. The molecule has 19 heavy (non-hydrogen) atoms. The molecule has 1 aromatic rings. The van der Waals surface area contributed by atoms with Crippen molar-refractivity contribution >= 4 is 5.97 Å². The van der Waals surface area contributed by atoms with Gasteiger partial charge >= 0.3 is 5.97 Å². The lowest BCUT2D eigenvalue weighted by atomic mass is 9.76. The van der Waals surface area contributed by atoms with Gasteiger partial charge in [0.25, 0.3) is 0 Å². The Morgan fingerprint density at radius 1 is 1.37 bits per heavy atom. The maximum atomic E-state index is 11.8. The fourth-order valence-electron chi connectivity index (χ4n) is 3.47. The number of nitrogens with zero attached hydrogens (tertiary/aromatic N) is 1. The highest BCUT2D eigenvalue weighted by atomic mass is 16.6. The van der Waals surface area contributed by atoms with E-state index in [1.54, 1.807) is 0 Å². The zero-order valence-corrected chi connectivity index (χ0v) is 11.4. The molecule has 0 bridgehead atoms. The highest BCUT2D eigenvalue weighted by molar-refractivity contribution is 5.91. The molecule has 0 N–H and O–H groups in total. The fourth-order valence-corrected chi connectivity index (χ4v) is 3.47. The first-order valence-corrected chi connectivity index (χ1v) is 6.68. The monoisotopic (exact) mass is 257 g/mol. The first kappa shape index (κ1) is 12.4. The number of esters is 1. The van der Waals surface area contributed by atoms with Crippen LogP contribution in [-0.4, -0.2) is 30.1 Å². The standard InChI is InChI=1S/C16H19NO2/c1-11-13-9-14(12-7-5-4-6-8-12)17(3)10-16(13,2)19-15(11)18/h4-8,13-14H,1,9-10H2,2-3H3/t13-,14-,16+/m0/s1. The molecule has 0 spiro atoms. The van der Waals surface area contributed by atoms with E-state index in [-0.39, 0.29) is 11.9 Å². The molecule has 3 rings (SSSR count). The third kappa shape index (κ3) is 1.89. The van der Waals surface area contributed by atoms with Crippen LogP contribution in [0.3, 0.4) is 0 Å². The molecule has 3 heteroatoms. The van der Waals surface area contributed by atoms with Crippen LogP contribution in [0, 0.1) is 5.92 Å². The highest BCUT2D eigenvalue weighted by Gasteiger charge is 2.53. The van der Waals surface area contributed by atoms with Crippen LogP contribution in [0.15, 0.2) is 42.5 Å². The van der Waals surface area contributed by atoms with Crippen molar-refractivity contribution in [3.05, 3.63) is 48.0 Å². The number of piperidine rings is 1. The van der Waals surface area contributed by atoms with Crippen molar-refractivity contribution in [3.63, 3.8) is 0 Å². The van der Waals surface area contributed by atoms with Crippen molar-refractivity contribution in [2.24, 2.45) is 5.92 Å². The highest BCUT2D eigenvalue weighted by Crippen LogP contribution is 2.47. The van der Waals surface area contributed by atoms with Gasteiger partial charge in [-0.05, 0) is 26.0 Å². The molecule has 2 saturated heterocycles. The zero-order chi connectivity index (χ0) is 13.6. The lowest BCUT2D eigenvalue weighted by Crippen LogP contribution is -2.50. The molecule has 2 aliphatic rings. The molecular weight excluding hydrogens is 238 g/mol. The number of hydrogen-bond donors (Lipinski definition) is 0.